The molecule has 48 valence electrons. The van der Waals surface area contributed by atoms with E-state index in [4.69, 9.17) is 7.85 Å². The molecule has 0 radical (unpaired) electrons. The number of aliphatic hydroxyl groups is 1. The van der Waals surface area contributed by atoms with Gasteiger partial charge in [-0.3, -0.25) is 0 Å². The van der Waals surface area contributed by atoms with Crippen molar-refractivity contribution in [2.75, 3.05) is 6.61 Å². The molecular weight excluding hydrogens is 100 g/mol. The minimum Gasteiger partial charge on any atom is -0.396 e. The predicted octanol–water partition coefficient (Wildman–Crippen LogP) is 1.73. The van der Waals surface area contributed by atoms with Crippen molar-refractivity contribution in [3.63, 3.8) is 0 Å². The van der Waals surface area contributed by atoms with Crippen molar-refractivity contribution in [1.29, 1.82) is 0 Å². The number of rotatable bonds is 4. The molecule has 1 N–H and O–H groups in total. The monoisotopic (exact) mass is 116 g/mol. The number of aliphatic hydroxyl groups excluding tert-OH is 1. The predicted molar refractivity (Wildman–Crippen MR) is 35.8 cm³/mol. The Morgan fingerprint density at radius 1 is 1.62 bits per heavy atom. The van der Waals surface area contributed by atoms with Gasteiger partial charge in [0, 0.05) is 6.61 Å². The van der Waals surface area contributed by atoms with E-state index in [-0.39, 0.29) is 6.61 Å². The molecule has 8 heavy (non-hydrogen) atoms. The van der Waals surface area contributed by atoms with Crippen LogP contribution in [0.5, 0.6) is 0 Å². The molecule has 0 aromatic carbocycles. The molecule has 0 aliphatic carbocycles. The number of allylic oxidation sites excluding steroid dienone is 2. The molecule has 0 fully saturated rings. The van der Waals surface area contributed by atoms with Crippen LogP contribution in [0.4, 0.5) is 0 Å². The van der Waals surface area contributed by atoms with Crippen molar-refractivity contribution in [2.45, 2.75) is 26.2 Å². The summed E-state index contributed by atoms with van der Waals surface area (Å²) in [6.07, 6.45) is 1.74. The van der Waals surface area contributed by atoms with E-state index in [1.807, 2.05) is 6.92 Å². The summed E-state index contributed by atoms with van der Waals surface area (Å²) >= 11 is 0. The Bertz CT molecular complexity index is 121. The fourth-order valence-corrected chi connectivity index (χ4v) is 0.381. The molecule has 0 atom stereocenters. The molecule has 0 spiro atoms. The van der Waals surface area contributed by atoms with Crippen LogP contribution in [0.15, 0.2) is 12.1 Å². The maximum atomic E-state index is 8.40. The Morgan fingerprint density at radius 2 is 2.38 bits per heavy atom. The average molecular weight is 116 g/mol. The highest BCUT2D eigenvalue weighted by atomic mass is 16.2. The van der Waals surface area contributed by atoms with Crippen LogP contribution in [0.1, 0.15) is 28.9 Å². The van der Waals surface area contributed by atoms with E-state index >= 15 is 0 Å². The van der Waals surface area contributed by atoms with E-state index in [0.717, 1.165) is 0 Å². The van der Waals surface area contributed by atoms with E-state index in [0.29, 0.717) is 31.4 Å². The first-order valence-electron chi connectivity index (χ1n) is 3.98. The molecule has 0 rings (SSSR count). The lowest BCUT2D eigenvalue weighted by Gasteiger charge is -1.85. The average Bonchev–Trinajstić information content (AvgIpc) is 1.98. The standard InChI is InChI=1S/C7H14O/c1-2-3-4-5-6-7-8/h3-4,8H,2,5-7H2,1H3/b4-3-/i3D,4D. The Hall–Kier alpha value is -0.300. The smallest absolute Gasteiger partial charge is 0.0572 e. The highest BCUT2D eigenvalue weighted by molar-refractivity contribution is 4.79. The fourth-order valence-electron chi connectivity index (χ4n) is 0.381. The van der Waals surface area contributed by atoms with Gasteiger partial charge in [0.25, 0.3) is 0 Å². The minimum atomic E-state index is 0.110. The largest absolute Gasteiger partial charge is 0.396 e. The minimum absolute atomic E-state index is 0.110. The van der Waals surface area contributed by atoms with Gasteiger partial charge in [-0.25, -0.2) is 0 Å². The van der Waals surface area contributed by atoms with Gasteiger partial charge < -0.3 is 5.11 Å². The van der Waals surface area contributed by atoms with Crippen molar-refractivity contribution in [2.24, 2.45) is 0 Å². The van der Waals surface area contributed by atoms with Gasteiger partial charge in [0.05, 0.1) is 2.74 Å². The van der Waals surface area contributed by atoms with E-state index in [1.165, 1.54) is 0 Å². The number of hydrogen-bond donors (Lipinski definition) is 1. The van der Waals surface area contributed by atoms with Gasteiger partial charge in [-0.05, 0) is 19.3 Å². The van der Waals surface area contributed by atoms with Gasteiger partial charge in [-0.15, -0.1) is 0 Å². The van der Waals surface area contributed by atoms with Gasteiger partial charge in [0.1, 0.15) is 0 Å². The van der Waals surface area contributed by atoms with Gasteiger partial charge >= 0.3 is 0 Å². The molecule has 0 aromatic rings. The first-order valence-corrected chi connectivity index (χ1v) is 2.98. The third-order valence-corrected chi connectivity index (χ3v) is 0.762. The summed E-state index contributed by atoms with van der Waals surface area (Å²) in [7, 11) is 0. The maximum absolute atomic E-state index is 8.40. The van der Waals surface area contributed by atoms with Crippen LogP contribution in [-0.2, 0) is 0 Å². The molecule has 0 unspecified atom stereocenters. The SMILES string of the molecule is [2H]/C(CC)=C(\[2H])CCCO. The summed E-state index contributed by atoms with van der Waals surface area (Å²) in [5.41, 5.74) is 0. The quantitative estimate of drug-likeness (QED) is 0.554. The second kappa shape index (κ2) is 6.70. The second-order valence-corrected chi connectivity index (χ2v) is 1.53. The Kier molecular flexibility index (Phi) is 3.82. The molecule has 0 amide bonds. The van der Waals surface area contributed by atoms with Crippen LogP contribution in [0.3, 0.4) is 0 Å². The van der Waals surface area contributed by atoms with Gasteiger partial charge in [0.15, 0.2) is 0 Å². The van der Waals surface area contributed by atoms with E-state index < -0.39 is 0 Å². The highest BCUT2D eigenvalue weighted by Crippen LogP contribution is 1.89. The molecule has 0 aromatic heterocycles. The second-order valence-electron chi connectivity index (χ2n) is 1.53. The lowest BCUT2D eigenvalue weighted by atomic mass is 10.3. The van der Waals surface area contributed by atoms with Crippen molar-refractivity contribution in [3.8, 4) is 0 Å². The maximum Gasteiger partial charge on any atom is 0.0572 e. The summed E-state index contributed by atoms with van der Waals surface area (Å²) in [5.74, 6) is 0. The molecule has 0 aliphatic rings. The lowest BCUT2D eigenvalue weighted by Crippen LogP contribution is -1.77. The molecule has 0 saturated carbocycles. The summed E-state index contributed by atoms with van der Waals surface area (Å²) in [5, 5.41) is 8.40. The first kappa shape index (κ1) is 4.57. The third kappa shape index (κ3) is 5.70. The zero-order valence-corrected chi connectivity index (χ0v) is 5.28. The van der Waals surface area contributed by atoms with Crippen molar-refractivity contribution < 1.29 is 7.85 Å². The molecule has 1 heteroatoms. The van der Waals surface area contributed by atoms with E-state index in [9.17, 15) is 0 Å². The summed E-state index contributed by atoms with van der Waals surface area (Å²) < 4.78 is 14.5. The van der Waals surface area contributed by atoms with Crippen LogP contribution in [-0.4, -0.2) is 11.7 Å². The van der Waals surface area contributed by atoms with Gasteiger partial charge in [-0.1, -0.05) is 19.0 Å². The topological polar surface area (TPSA) is 20.2 Å². The Morgan fingerprint density at radius 3 is 2.88 bits per heavy atom. The van der Waals surface area contributed by atoms with Gasteiger partial charge in [0.2, 0.25) is 0 Å². The summed E-state index contributed by atoms with van der Waals surface area (Å²) in [6, 6.07) is 0.741. The van der Waals surface area contributed by atoms with E-state index in [2.05, 4.69) is 0 Å². The molecule has 0 heterocycles. The molecule has 1 nitrogen and oxygen atoms in total. The van der Waals surface area contributed by atoms with Crippen molar-refractivity contribution >= 4 is 0 Å². The zero-order valence-electron chi connectivity index (χ0n) is 7.28. The molecular formula is C7H14O. The molecule has 0 bridgehead atoms. The van der Waals surface area contributed by atoms with Crippen LogP contribution >= 0.6 is 0 Å². The third-order valence-electron chi connectivity index (χ3n) is 0.762. The van der Waals surface area contributed by atoms with Crippen LogP contribution in [0, 0.1) is 0 Å². The van der Waals surface area contributed by atoms with Crippen molar-refractivity contribution in [3.05, 3.63) is 12.1 Å². The molecule has 0 saturated heterocycles. The zero-order chi connectivity index (χ0) is 7.98. The molecule has 0 aliphatic heterocycles. The Labute approximate surface area is 53.8 Å². The van der Waals surface area contributed by atoms with E-state index in [1.54, 1.807) is 0 Å². The highest BCUT2D eigenvalue weighted by Gasteiger charge is 1.75. The first-order chi connectivity index (χ1) is 4.72. The lowest BCUT2D eigenvalue weighted by molar-refractivity contribution is 0.289. The van der Waals surface area contributed by atoms with Crippen LogP contribution in [0.25, 0.3) is 0 Å². The Balaban J connectivity index is 3.68. The number of hydrogen-bond acceptors (Lipinski definition) is 1. The van der Waals surface area contributed by atoms with Crippen LogP contribution < -0.4 is 0 Å². The summed E-state index contributed by atoms with van der Waals surface area (Å²) in [6.45, 7) is 1.97. The van der Waals surface area contributed by atoms with Gasteiger partial charge in [-0.2, -0.15) is 0 Å². The normalized spacial score (nSPS) is 16.8. The van der Waals surface area contributed by atoms with Crippen LogP contribution in [0.2, 0.25) is 0 Å². The van der Waals surface area contributed by atoms with Crippen molar-refractivity contribution in [1.82, 2.24) is 0 Å². The fraction of sp³-hybridized carbons (Fsp3) is 0.714. The summed E-state index contributed by atoms with van der Waals surface area (Å²) in [4.78, 5) is 0.